The van der Waals surface area contributed by atoms with Gasteiger partial charge in [-0.2, -0.15) is 10.5 Å². The Labute approximate surface area is 361 Å². The van der Waals surface area contributed by atoms with Crippen LogP contribution in [0.3, 0.4) is 0 Å². The monoisotopic (exact) mass is 828 g/mol. The molecule has 0 bridgehead atoms. The van der Waals surface area contributed by atoms with E-state index in [-0.39, 0.29) is 23.5 Å². The van der Waals surface area contributed by atoms with Crippen molar-refractivity contribution < 1.29 is 0 Å². The van der Waals surface area contributed by atoms with Crippen LogP contribution in [0, 0.1) is 34.5 Å². The maximum atomic E-state index is 13.9. The number of para-hydroxylation sites is 4. The van der Waals surface area contributed by atoms with E-state index in [2.05, 4.69) is 49.0 Å². The van der Waals surface area contributed by atoms with Gasteiger partial charge < -0.3 is 9.13 Å². The molecule has 12 heteroatoms. The molecule has 0 aliphatic heterocycles. The van der Waals surface area contributed by atoms with Gasteiger partial charge in [0.15, 0.2) is 0 Å². The summed E-state index contributed by atoms with van der Waals surface area (Å²) in [5.74, 6) is 0.826. The van der Waals surface area contributed by atoms with Gasteiger partial charge in [0.25, 0.3) is 0 Å². The molecule has 8 aromatic rings. The van der Waals surface area contributed by atoms with E-state index < -0.39 is 11.8 Å². The van der Waals surface area contributed by atoms with Crippen LogP contribution in [0.15, 0.2) is 94.5 Å². The Morgan fingerprint density at radius 2 is 0.871 bits per heavy atom. The molecule has 8 rings (SSSR count). The van der Waals surface area contributed by atoms with E-state index >= 15 is 0 Å². The quantitative estimate of drug-likeness (QED) is 0.101. The number of fused-ring (bicyclic) bond motifs is 4. The number of nitriles is 2. The lowest BCUT2D eigenvalue weighted by Gasteiger charge is -2.18. The zero-order valence-corrected chi connectivity index (χ0v) is 37.1. The Morgan fingerprint density at radius 1 is 0.500 bits per heavy atom. The SMILES string of the molecule is CC(C)CCn1c(Cn2c(=O)n(C(C)C)c3ccccc32)nc2ccc(C(C#N)C(C#N)c3ccc4nc(Cn5c(=O)n(C(C)C)c6ccccc65)n(CCC(C)C)c4c3)cc21. The summed E-state index contributed by atoms with van der Waals surface area (Å²) in [5.41, 5.74) is 8.10. The molecule has 4 heterocycles. The van der Waals surface area contributed by atoms with Gasteiger partial charge in [-0.25, -0.2) is 19.6 Å². The second-order valence-corrected chi connectivity index (χ2v) is 18.1. The van der Waals surface area contributed by atoms with Crippen LogP contribution in [0.2, 0.25) is 0 Å². The predicted molar refractivity (Wildman–Crippen MR) is 246 cm³/mol. The van der Waals surface area contributed by atoms with Crippen molar-refractivity contribution in [1.29, 1.82) is 10.5 Å². The summed E-state index contributed by atoms with van der Waals surface area (Å²) in [6.45, 7) is 18.8. The van der Waals surface area contributed by atoms with Crippen molar-refractivity contribution in [2.24, 2.45) is 11.8 Å². The highest BCUT2D eigenvalue weighted by atomic mass is 16.2. The molecule has 0 spiro atoms. The minimum atomic E-state index is -0.780. The molecule has 2 unspecified atom stereocenters. The van der Waals surface area contributed by atoms with Gasteiger partial charge in [-0.3, -0.25) is 18.3 Å². The van der Waals surface area contributed by atoms with Crippen LogP contribution in [-0.2, 0) is 26.2 Å². The molecule has 0 N–H and O–H groups in total. The Balaban J connectivity index is 1.19. The summed E-state index contributed by atoms with van der Waals surface area (Å²) < 4.78 is 11.7. The average Bonchev–Trinajstić information content (AvgIpc) is 3.94. The molecule has 318 valence electrons. The number of imidazole rings is 4. The maximum absolute atomic E-state index is 13.9. The summed E-state index contributed by atoms with van der Waals surface area (Å²) >= 11 is 0. The molecule has 12 nitrogen and oxygen atoms in total. The third-order valence-electron chi connectivity index (χ3n) is 12.3. The number of hydrogen-bond acceptors (Lipinski definition) is 6. The molecule has 0 aliphatic rings. The normalized spacial score (nSPS) is 13.1. The van der Waals surface area contributed by atoms with Gasteiger partial charge in [-0.1, -0.05) is 64.1 Å². The largest absolute Gasteiger partial charge is 0.329 e. The number of nitrogens with zero attached hydrogens (tertiary/aromatic N) is 10. The standard InChI is InChI=1S/C50H56N10O2/c1-31(2)21-23-55-45-25-35(17-19-39(45)53-47(55)29-57-41-13-9-11-15-43(41)59(33(5)6)49(57)61)37(27-51)38(28-52)36-18-20-40-46(26-36)56(24-22-32(3)4)48(54-40)30-58-42-14-10-12-16-44(42)60(34(7)8)50(58)62/h9-20,25-26,31-34,37-38H,21-24,29-30H2,1-8H3. The van der Waals surface area contributed by atoms with Crippen molar-refractivity contribution >= 4 is 44.1 Å². The van der Waals surface area contributed by atoms with Crippen molar-refractivity contribution in [3.63, 3.8) is 0 Å². The van der Waals surface area contributed by atoms with E-state index in [1.807, 2.05) is 131 Å². The van der Waals surface area contributed by atoms with Crippen molar-refractivity contribution in [3.8, 4) is 12.1 Å². The highest BCUT2D eigenvalue weighted by Gasteiger charge is 2.28. The van der Waals surface area contributed by atoms with Crippen molar-refractivity contribution in [3.05, 3.63) is 129 Å². The van der Waals surface area contributed by atoms with Gasteiger partial charge in [0.05, 0.1) is 81.2 Å². The second kappa shape index (κ2) is 17.0. The summed E-state index contributed by atoms with van der Waals surface area (Å²) in [4.78, 5) is 38.0. The molecule has 0 saturated carbocycles. The van der Waals surface area contributed by atoms with E-state index in [0.29, 0.717) is 38.0 Å². The van der Waals surface area contributed by atoms with Crippen LogP contribution in [0.5, 0.6) is 0 Å². The molecule has 0 radical (unpaired) electrons. The maximum Gasteiger partial charge on any atom is 0.329 e. The first-order chi connectivity index (χ1) is 29.8. The third kappa shape index (κ3) is 7.53. The van der Waals surface area contributed by atoms with Crippen LogP contribution in [0.25, 0.3) is 44.1 Å². The van der Waals surface area contributed by atoms with Gasteiger partial charge in [0.1, 0.15) is 11.6 Å². The first-order valence-corrected chi connectivity index (χ1v) is 22.0. The molecule has 4 aromatic carbocycles. The lowest BCUT2D eigenvalue weighted by atomic mass is 9.83. The Hall–Kier alpha value is -6.66. The Bertz CT molecular complexity index is 2940. The fraction of sp³-hybridized carbons (Fsp3) is 0.400. The zero-order valence-electron chi connectivity index (χ0n) is 37.1. The fourth-order valence-corrected chi connectivity index (χ4v) is 9.02. The van der Waals surface area contributed by atoms with Gasteiger partial charge in [-0.05, 0) is 112 Å². The number of benzene rings is 4. The van der Waals surface area contributed by atoms with Crippen LogP contribution in [-0.4, -0.2) is 37.4 Å². The van der Waals surface area contributed by atoms with E-state index in [1.54, 1.807) is 0 Å². The molecule has 0 saturated heterocycles. The summed E-state index contributed by atoms with van der Waals surface area (Å²) in [7, 11) is 0. The van der Waals surface area contributed by atoms with Crippen molar-refractivity contribution in [2.45, 2.75) is 118 Å². The van der Waals surface area contributed by atoms with E-state index in [0.717, 1.165) is 79.8 Å². The van der Waals surface area contributed by atoms with E-state index in [9.17, 15) is 20.1 Å². The predicted octanol–water partition coefficient (Wildman–Crippen LogP) is 9.88. The smallest absolute Gasteiger partial charge is 0.326 e. The topological polar surface area (TPSA) is 137 Å². The Morgan fingerprint density at radius 3 is 1.21 bits per heavy atom. The highest BCUT2D eigenvalue weighted by Crippen LogP contribution is 2.36. The first-order valence-electron chi connectivity index (χ1n) is 22.0. The molecule has 62 heavy (non-hydrogen) atoms. The first kappa shape index (κ1) is 42.0. The summed E-state index contributed by atoms with van der Waals surface area (Å²) in [5, 5.41) is 21.7. The third-order valence-corrected chi connectivity index (χ3v) is 12.3. The average molecular weight is 829 g/mol. The highest BCUT2D eigenvalue weighted by molar-refractivity contribution is 5.80. The van der Waals surface area contributed by atoms with Gasteiger partial charge in [0.2, 0.25) is 0 Å². The molecule has 0 amide bonds. The number of rotatable bonds is 15. The second-order valence-electron chi connectivity index (χ2n) is 18.1. The summed E-state index contributed by atoms with van der Waals surface area (Å²) in [6, 6.07) is 32.5. The molecule has 4 aromatic heterocycles. The lowest BCUT2D eigenvalue weighted by molar-refractivity contribution is 0.504. The molecule has 2 atom stereocenters. The zero-order chi connectivity index (χ0) is 44.0. The van der Waals surface area contributed by atoms with Gasteiger partial charge in [-0.15, -0.1) is 0 Å². The van der Waals surface area contributed by atoms with Crippen molar-refractivity contribution in [2.75, 3.05) is 0 Å². The van der Waals surface area contributed by atoms with Gasteiger partial charge >= 0.3 is 11.4 Å². The van der Waals surface area contributed by atoms with Crippen LogP contribution < -0.4 is 11.4 Å². The van der Waals surface area contributed by atoms with Crippen LogP contribution >= 0.6 is 0 Å². The molecule has 0 fully saturated rings. The summed E-state index contributed by atoms with van der Waals surface area (Å²) in [6.07, 6.45) is 1.80. The van der Waals surface area contributed by atoms with Crippen molar-refractivity contribution in [1.82, 2.24) is 37.4 Å². The van der Waals surface area contributed by atoms with Crippen LogP contribution in [0.1, 0.15) is 115 Å². The number of hydrogen-bond donors (Lipinski definition) is 0. The minimum Gasteiger partial charge on any atom is -0.326 e. The fourth-order valence-electron chi connectivity index (χ4n) is 9.02. The molecular weight excluding hydrogens is 773 g/mol. The Kier molecular flexibility index (Phi) is 11.5. The van der Waals surface area contributed by atoms with Gasteiger partial charge in [0, 0.05) is 25.2 Å². The van der Waals surface area contributed by atoms with E-state index in [1.165, 1.54) is 0 Å². The number of aromatic nitrogens is 8. The van der Waals surface area contributed by atoms with Crippen LogP contribution in [0.4, 0.5) is 0 Å². The molecular formula is C50H56N10O2. The lowest BCUT2D eigenvalue weighted by Crippen LogP contribution is -2.27. The molecule has 0 aliphatic carbocycles. The number of aryl methyl sites for hydroxylation is 2. The minimum absolute atomic E-state index is 0.00912. The van der Waals surface area contributed by atoms with E-state index in [4.69, 9.17) is 9.97 Å².